The molecule has 1 aromatic heterocycles. The van der Waals surface area contributed by atoms with E-state index in [4.69, 9.17) is 0 Å². The highest BCUT2D eigenvalue weighted by Gasteiger charge is 2.10. The maximum atomic E-state index is 4.21. The maximum absolute atomic E-state index is 4.21. The molecule has 2 aromatic rings. The van der Waals surface area contributed by atoms with Crippen LogP contribution in [0.3, 0.4) is 0 Å². The van der Waals surface area contributed by atoms with Crippen molar-refractivity contribution in [3.05, 3.63) is 36.4 Å². The second kappa shape index (κ2) is 4.78. The number of nitrogens with zero attached hydrogens (tertiary/aromatic N) is 4. The molecule has 0 bridgehead atoms. The number of anilines is 1. The zero-order chi connectivity index (χ0) is 12.4. The van der Waals surface area contributed by atoms with E-state index < -0.39 is 0 Å². The summed E-state index contributed by atoms with van der Waals surface area (Å²) in [5.74, 6) is 0.907. The molecule has 1 aliphatic rings. The Balaban J connectivity index is 1.82. The van der Waals surface area contributed by atoms with E-state index in [1.807, 2.05) is 11.6 Å². The van der Waals surface area contributed by atoms with Gasteiger partial charge in [0.2, 0.25) is 0 Å². The number of aryl methyl sites for hydroxylation is 1. The van der Waals surface area contributed by atoms with Crippen LogP contribution in [-0.4, -0.2) is 40.9 Å². The monoisotopic (exact) mass is 243 g/mol. The minimum absolute atomic E-state index is 0.907. The van der Waals surface area contributed by atoms with E-state index in [9.17, 15) is 0 Å². The summed E-state index contributed by atoms with van der Waals surface area (Å²) >= 11 is 0. The maximum Gasteiger partial charge on any atom is 0.138 e. The number of aromatic nitrogens is 3. The van der Waals surface area contributed by atoms with Crippen LogP contribution in [0.5, 0.6) is 0 Å². The molecule has 1 N–H and O–H groups in total. The molecule has 1 aliphatic heterocycles. The van der Waals surface area contributed by atoms with Crippen LogP contribution in [0.15, 0.2) is 30.6 Å². The quantitative estimate of drug-likeness (QED) is 0.854. The summed E-state index contributed by atoms with van der Waals surface area (Å²) in [6.45, 7) is 6.22. The Morgan fingerprint density at radius 1 is 1.06 bits per heavy atom. The van der Waals surface area contributed by atoms with Gasteiger partial charge in [0.1, 0.15) is 12.2 Å². The average molecular weight is 243 g/mol. The first-order valence-corrected chi connectivity index (χ1v) is 6.27. The highest BCUT2D eigenvalue weighted by molar-refractivity contribution is 5.51. The molecule has 18 heavy (non-hydrogen) atoms. The van der Waals surface area contributed by atoms with Crippen molar-refractivity contribution in [2.24, 2.45) is 0 Å². The molecule has 1 fully saturated rings. The topological polar surface area (TPSA) is 46.0 Å². The summed E-state index contributed by atoms with van der Waals surface area (Å²) in [5.41, 5.74) is 2.34. The fraction of sp³-hybridized carbons (Fsp3) is 0.385. The molecule has 1 aromatic carbocycles. The van der Waals surface area contributed by atoms with Crippen molar-refractivity contribution in [3.63, 3.8) is 0 Å². The van der Waals surface area contributed by atoms with E-state index in [0.717, 1.165) is 37.7 Å². The lowest BCUT2D eigenvalue weighted by Gasteiger charge is -2.29. The first-order valence-electron chi connectivity index (χ1n) is 6.27. The third-order valence-electron chi connectivity index (χ3n) is 3.29. The molecule has 94 valence electrons. The lowest BCUT2D eigenvalue weighted by atomic mass is 10.2. The summed E-state index contributed by atoms with van der Waals surface area (Å²) < 4.78 is 1.85. The highest BCUT2D eigenvalue weighted by Crippen LogP contribution is 2.17. The average Bonchev–Trinajstić information content (AvgIpc) is 2.86. The van der Waals surface area contributed by atoms with Crippen molar-refractivity contribution in [3.8, 4) is 5.69 Å². The Hall–Kier alpha value is -1.88. The summed E-state index contributed by atoms with van der Waals surface area (Å²) in [6.07, 6.45) is 1.58. The molecule has 0 saturated carbocycles. The van der Waals surface area contributed by atoms with Gasteiger partial charge in [-0.05, 0) is 31.2 Å². The first-order chi connectivity index (χ1) is 8.84. The van der Waals surface area contributed by atoms with Gasteiger partial charge >= 0.3 is 0 Å². The molecule has 5 heteroatoms. The largest absolute Gasteiger partial charge is 0.369 e. The van der Waals surface area contributed by atoms with Gasteiger partial charge in [0.15, 0.2) is 0 Å². The predicted octanol–water partition coefficient (Wildman–Crippen LogP) is 0.985. The molecule has 0 aliphatic carbocycles. The molecule has 3 rings (SSSR count). The molecule has 1 saturated heterocycles. The Kier molecular flexibility index (Phi) is 2.98. The molecule has 0 spiro atoms. The number of hydrogen-bond donors (Lipinski definition) is 1. The van der Waals surface area contributed by atoms with Crippen LogP contribution in [0.1, 0.15) is 5.82 Å². The minimum Gasteiger partial charge on any atom is -0.369 e. The van der Waals surface area contributed by atoms with Crippen molar-refractivity contribution in [1.82, 2.24) is 20.1 Å². The van der Waals surface area contributed by atoms with Gasteiger partial charge in [0.05, 0.1) is 5.69 Å². The Bertz CT molecular complexity index is 510. The lowest BCUT2D eigenvalue weighted by Crippen LogP contribution is -2.43. The Morgan fingerprint density at radius 2 is 1.72 bits per heavy atom. The Morgan fingerprint density at radius 3 is 2.33 bits per heavy atom. The van der Waals surface area contributed by atoms with Crippen LogP contribution in [0, 0.1) is 6.92 Å². The number of nitrogens with one attached hydrogen (secondary N) is 1. The Labute approximate surface area is 106 Å². The standard InChI is InChI=1S/C13H17N5/c1-11-15-10-16-18(11)13-4-2-12(3-5-13)17-8-6-14-7-9-17/h2-5,10,14H,6-9H2,1H3. The van der Waals surface area contributed by atoms with Gasteiger partial charge in [-0.1, -0.05) is 0 Å². The molecule has 0 amide bonds. The fourth-order valence-corrected chi connectivity index (χ4v) is 2.28. The van der Waals surface area contributed by atoms with E-state index in [2.05, 4.69) is 44.6 Å². The van der Waals surface area contributed by atoms with Crippen LogP contribution >= 0.6 is 0 Å². The van der Waals surface area contributed by atoms with Crippen LogP contribution in [-0.2, 0) is 0 Å². The van der Waals surface area contributed by atoms with Gasteiger partial charge in [-0.2, -0.15) is 5.10 Å². The van der Waals surface area contributed by atoms with Crippen LogP contribution in [0.2, 0.25) is 0 Å². The number of piperazine rings is 1. The normalized spacial score (nSPS) is 15.9. The van der Waals surface area contributed by atoms with Crippen molar-refractivity contribution in [2.45, 2.75) is 6.92 Å². The van der Waals surface area contributed by atoms with Crippen molar-refractivity contribution < 1.29 is 0 Å². The van der Waals surface area contributed by atoms with E-state index in [1.165, 1.54) is 5.69 Å². The summed E-state index contributed by atoms with van der Waals surface area (Å²) in [7, 11) is 0. The molecule has 0 atom stereocenters. The molecule has 0 radical (unpaired) electrons. The van der Waals surface area contributed by atoms with Gasteiger partial charge in [0, 0.05) is 31.9 Å². The lowest BCUT2D eigenvalue weighted by molar-refractivity contribution is 0.589. The predicted molar refractivity (Wildman–Crippen MR) is 71.2 cm³/mol. The molecule has 0 unspecified atom stereocenters. The number of benzene rings is 1. The summed E-state index contributed by atoms with van der Waals surface area (Å²) in [6, 6.07) is 8.50. The molecular formula is C13H17N5. The fourth-order valence-electron chi connectivity index (χ4n) is 2.28. The van der Waals surface area contributed by atoms with Gasteiger partial charge in [0.25, 0.3) is 0 Å². The van der Waals surface area contributed by atoms with Gasteiger partial charge in [-0.15, -0.1) is 0 Å². The molecular weight excluding hydrogens is 226 g/mol. The number of hydrogen-bond acceptors (Lipinski definition) is 4. The van der Waals surface area contributed by atoms with Crippen LogP contribution in [0.25, 0.3) is 5.69 Å². The smallest absolute Gasteiger partial charge is 0.138 e. The van der Waals surface area contributed by atoms with Crippen molar-refractivity contribution >= 4 is 5.69 Å². The minimum atomic E-state index is 0.907. The summed E-state index contributed by atoms with van der Waals surface area (Å²) in [4.78, 5) is 6.54. The van der Waals surface area contributed by atoms with Gasteiger partial charge in [-0.25, -0.2) is 9.67 Å². The van der Waals surface area contributed by atoms with Gasteiger partial charge < -0.3 is 10.2 Å². The number of rotatable bonds is 2. The third-order valence-corrected chi connectivity index (χ3v) is 3.29. The summed E-state index contributed by atoms with van der Waals surface area (Å²) in [5, 5.41) is 7.57. The first kappa shape index (κ1) is 11.2. The molecule has 2 heterocycles. The third kappa shape index (κ3) is 2.09. The van der Waals surface area contributed by atoms with E-state index >= 15 is 0 Å². The van der Waals surface area contributed by atoms with Crippen molar-refractivity contribution in [2.75, 3.05) is 31.1 Å². The highest BCUT2D eigenvalue weighted by atomic mass is 15.3. The zero-order valence-electron chi connectivity index (χ0n) is 10.5. The molecule has 5 nitrogen and oxygen atoms in total. The van der Waals surface area contributed by atoms with E-state index in [1.54, 1.807) is 6.33 Å². The van der Waals surface area contributed by atoms with Crippen LogP contribution in [0.4, 0.5) is 5.69 Å². The SMILES string of the molecule is Cc1ncnn1-c1ccc(N2CCNCC2)cc1. The second-order valence-corrected chi connectivity index (χ2v) is 4.47. The second-order valence-electron chi connectivity index (χ2n) is 4.47. The van der Waals surface area contributed by atoms with Crippen LogP contribution < -0.4 is 10.2 Å². The van der Waals surface area contributed by atoms with E-state index in [-0.39, 0.29) is 0 Å². The zero-order valence-corrected chi connectivity index (χ0v) is 10.5. The van der Waals surface area contributed by atoms with Crippen molar-refractivity contribution in [1.29, 1.82) is 0 Å². The van der Waals surface area contributed by atoms with E-state index in [0.29, 0.717) is 0 Å². The van der Waals surface area contributed by atoms with Gasteiger partial charge in [-0.3, -0.25) is 0 Å².